The summed E-state index contributed by atoms with van der Waals surface area (Å²) in [5, 5.41) is 0. The van der Waals surface area contributed by atoms with Crippen molar-refractivity contribution >= 4 is 43.0 Å². The SMILES string of the molecule is COc1ccc(NS(=O)(=O)c2ccc(Br)s2)c(OC)c1. The monoisotopic (exact) mass is 377 g/mol. The van der Waals surface area contributed by atoms with Crippen molar-refractivity contribution in [3.8, 4) is 11.5 Å². The summed E-state index contributed by atoms with van der Waals surface area (Å²) in [7, 11) is -0.631. The minimum atomic E-state index is -3.63. The standard InChI is InChI=1S/C12H12BrNO4S2/c1-17-8-3-4-9(10(7-8)18-2)14-20(15,16)12-6-5-11(13)19-12/h3-7,14H,1-2H3. The largest absolute Gasteiger partial charge is 0.497 e. The highest BCUT2D eigenvalue weighted by Crippen LogP contribution is 2.33. The molecule has 1 N–H and O–H groups in total. The third-order valence-electron chi connectivity index (χ3n) is 2.47. The van der Waals surface area contributed by atoms with Gasteiger partial charge in [0, 0.05) is 6.07 Å². The van der Waals surface area contributed by atoms with Gasteiger partial charge in [0.2, 0.25) is 0 Å². The lowest BCUT2D eigenvalue weighted by atomic mass is 10.3. The second-order valence-electron chi connectivity index (χ2n) is 3.73. The van der Waals surface area contributed by atoms with Crippen molar-refractivity contribution in [2.45, 2.75) is 4.21 Å². The van der Waals surface area contributed by atoms with E-state index in [-0.39, 0.29) is 4.21 Å². The van der Waals surface area contributed by atoms with Crippen LogP contribution in [0.1, 0.15) is 0 Å². The zero-order chi connectivity index (χ0) is 14.8. The summed E-state index contributed by atoms with van der Waals surface area (Å²) in [6.07, 6.45) is 0. The highest BCUT2D eigenvalue weighted by molar-refractivity contribution is 9.11. The maximum Gasteiger partial charge on any atom is 0.271 e. The summed E-state index contributed by atoms with van der Waals surface area (Å²) >= 11 is 4.38. The Hall–Kier alpha value is -1.25. The van der Waals surface area contributed by atoms with Crippen molar-refractivity contribution in [3.05, 3.63) is 34.1 Å². The fraction of sp³-hybridized carbons (Fsp3) is 0.167. The lowest BCUT2D eigenvalue weighted by Crippen LogP contribution is -2.12. The molecule has 108 valence electrons. The van der Waals surface area contributed by atoms with Crippen LogP contribution in [0.25, 0.3) is 0 Å². The van der Waals surface area contributed by atoms with E-state index in [1.165, 1.54) is 20.3 Å². The number of rotatable bonds is 5. The second kappa shape index (κ2) is 6.02. The summed E-state index contributed by atoms with van der Waals surface area (Å²) < 4.78 is 38.2. The molecule has 0 saturated carbocycles. The normalized spacial score (nSPS) is 11.2. The number of hydrogen-bond acceptors (Lipinski definition) is 5. The minimum absolute atomic E-state index is 0.224. The summed E-state index contributed by atoms with van der Waals surface area (Å²) in [6, 6.07) is 8.09. The van der Waals surface area contributed by atoms with Gasteiger partial charge in [0.15, 0.2) is 0 Å². The quantitative estimate of drug-likeness (QED) is 0.867. The molecular weight excluding hydrogens is 366 g/mol. The number of methoxy groups -OCH3 is 2. The molecule has 0 saturated heterocycles. The van der Waals surface area contributed by atoms with Crippen molar-refractivity contribution in [2.24, 2.45) is 0 Å². The topological polar surface area (TPSA) is 64.6 Å². The van der Waals surface area contributed by atoms with Crippen LogP contribution in [-0.4, -0.2) is 22.6 Å². The van der Waals surface area contributed by atoms with Crippen molar-refractivity contribution < 1.29 is 17.9 Å². The van der Waals surface area contributed by atoms with Crippen molar-refractivity contribution in [1.29, 1.82) is 0 Å². The summed E-state index contributed by atoms with van der Waals surface area (Å²) in [6.45, 7) is 0. The van der Waals surface area contributed by atoms with Crippen LogP contribution in [0.2, 0.25) is 0 Å². The highest BCUT2D eigenvalue weighted by Gasteiger charge is 2.18. The molecule has 8 heteroatoms. The molecule has 0 bridgehead atoms. The minimum Gasteiger partial charge on any atom is -0.497 e. The number of anilines is 1. The molecule has 0 spiro atoms. The summed E-state index contributed by atoms with van der Waals surface area (Å²) in [5.41, 5.74) is 0.359. The second-order valence-corrected chi connectivity index (χ2v) is 8.10. The molecule has 5 nitrogen and oxygen atoms in total. The molecule has 0 aliphatic rings. The Labute approximate surface area is 129 Å². The predicted octanol–water partition coefficient (Wildman–Crippen LogP) is 3.33. The lowest BCUT2D eigenvalue weighted by molar-refractivity contribution is 0.395. The van der Waals surface area contributed by atoms with E-state index in [4.69, 9.17) is 9.47 Å². The highest BCUT2D eigenvalue weighted by atomic mass is 79.9. The molecule has 0 unspecified atom stereocenters. The zero-order valence-electron chi connectivity index (χ0n) is 10.7. The molecule has 1 aromatic heterocycles. The predicted molar refractivity (Wildman–Crippen MR) is 82.4 cm³/mol. The van der Waals surface area contributed by atoms with Gasteiger partial charge in [0.1, 0.15) is 15.7 Å². The summed E-state index contributed by atoms with van der Waals surface area (Å²) in [4.78, 5) is 0. The molecule has 0 amide bonds. The molecular formula is C12H12BrNO4S2. The van der Waals surface area contributed by atoms with E-state index in [0.717, 1.165) is 15.1 Å². The third-order valence-corrected chi connectivity index (χ3v) is 5.95. The maximum absolute atomic E-state index is 12.2. The molecule has 0 atom stereocenters. The van der Waals surface area contributed by atoms with Gasteiger partial charge in [-0.1, -0.05) is 0 Å². The molecule has 0 aliphatic heterocycles. The molecule has 0 fully saturated rings. The van der Waals surface area contributed by atoms with Gasteiger partial charge in [-0.05, 0) is 40.2 Å². The number of ether oxygens (including phenoxy) is 2. The summed E-state index contributed by atoms with van der Waals surface area (Å²) in [5.74, 6) is 0.979. The number of hydrogen-bond donors (Lipinski definition) is 1. The van der Waals surface area contributed by atoms with Gasteiger partial charge < -0.3 is 9.47 Å². The fourth-order valence-corrected chi connectivity index (χ4v) is 4.60. The van der Waals surface area contributed by atoms with Crippen molar-refractivity contribution in [1.82, 2.24) is 0 Å². The van der Waals surface area contributed by atoms with Gasteiger partial charge in [0.05, 0.1) is 23.7 Å². The Balaban J connectivity index is 2.34. The molecule has 2 rings (SSSR count). The van der Waals surface area contributed by atoms with Gasteiger partial charge in [-0.3, -0.25) is 4.72 Å². The fourth-order valence-electron chi connectivity index (χ4n) is 1.52. The first-order valence-corrected chi connectivity index (χ1v) is 8.55. The van der Waals surface area contributed by atoms with E-state index in [9.17, 15) is 8.42 Å². The maximum atomic E-state index is 12.2. The average Bonchev–Trinajstić information content (AvgIpc) is 2.86. The molecule has 1 heterocycles. The van der Waals surface area contributed by atoms with Crippen LogP contribution in [-0.2, 0) is 10.0 Å². The van der Waals surface area contributed by atoms with Gasteiger partial charge in [0.25, 0.3) is 10.0 Å². The van der Waals surface area contributed by atoms with Gasteiger partial charge in [-0.2, -0.15) is 0 Å². The first-order chi connectivity index (χ1) is 9.46. The molecule has 0 aliphatic carbocycles. The van der Waals surface area contributed by atoms with Crippen LogP contribution in [0, 0.1) is 0 Å². The van der Waals surface area contributed by atoms with Gasteiger partial charge in [-0.15, -0.1) is 11.3 Å². The Kier molecular flexibility index (Phi) is 4.56. The van der Waals surface area contributed by atoms with E-state index in [0.29, 0.717) is 17.2 Å². The third kappa shape index (κ3) is 3.25. The Morgan fingerprint density at radius 3 is 2.45 bits per heavy atom. The first-order valence-electron chi connectivity index (χ1n) is 5.46. The van der Waals surface area contributed by atoms with Gasteiger partial charge >= 0.3 is 0 Å². The van der Waals surface area contributed by atoms with Crippen LogP contribution in [0.3, 0.4) is 0 Å². The van der Waals surface area contributed by atoms with Crippen LogP contribution < -0.4 is 14.2 Å². The first kappa shape index (κ1) is 15.1. The van der Waals surface area contributed by atoms with Crippen LogP contribution in [0.15, 0.2) is 38.3 Å². The Morgan fingerprint density at radius 2 is 1.90 bits per heavy atom. The van der Waals surface area contributed by atoms with Crippen LogP contribution in [0.5, 0.6) is 11.5 Å². The van der Waals surface area contributed by atoms with E-state index in [1.807, 2.05) is 0 Å². The molecule has 0 radical (unpaired) electrons. The lowest BCUT2D eigenvalue weighted by Gasteiger charge is -2.12. The van der Waals surface area contributed by atoms with E-state index in [2.05, 4.69) is 20.7 Å². The smallest absolute Gasteiger partial charge is 0.271 e. The number of sulfonamides is 1. The van der Waals surface area contributed by atoms with Crippen LogP contribution >= 0.6 is 27.3 Å². The van der Waals surface area contributed by atoms with E-state index >= 15 is 0 Å². The van der Waals surface area contributed by atoms with Gasteiger partial charge in [-0.25, -0.2) is 8.42 Å². The van der Waals surface area contributed by atoms with Crippen molar-refractivity contribution in [3.63, 3.8) is 0 Å². The number of halogens is 1. The molecule has 20 heavy (non-hydrogen) atoms. The molecule has 2 aromatic rings. The molecule has 1 aromatic carbocycles. The zero-order valence-corrected chi connectivity index (χ0v) is 13.9. The number of nitrogens with one attached hydrogen (secondary N) is 1. The van der Waals surface area contributed by atoms with Crippen LogP contribution in [0.4, 0.5) is 5.69 Å². The Morgan fingerprint density at radius 1 is 1.15 bits per heavy atom. The Bertz CT molecular complexity index is 712. The van der Waals surface area contributed by atoms with E-state index < -0.39 is 10.0 Å². The number of thiophene rings is 1. The number of benzene rings is 1. The van der Waals surface area contributed by atoms with Crippen molar-refractivity contribution in [2.75, 3.05) is 18.9 Å². The average molecular weight is 378 g/mol. The van der Waals surface area contributed by atoms with E-state index in [1.54, 1.807) is 24.3 Å².